The maximum absolute atomic E-state index is 15.4. The van der Waals surface area contributed by atoms with E-state index in [0.717, 1.165) is 0 Å². The van der Waals surface area contributed by atoms with E-state index in [1.54, 1.807) is 4.90 Å². The van der Waals surface area contributed by atoms with Gasteiger partial charge in [-0.05, 0) is 38.5 Å². The molecule has 0 aliphatic heterocycles. The van der Waals surface area contributed by atoms with E-state index in [-0.39, 0.29) is 0 Å². The summed E-state index contributed by atoms with van der Waals surface area (Å²) in [6.07, 6.45) is 88.7. The van der Waals surface area contributed by atoms with E-state index in [0.29, 0.717) is 6.04 Å². The molecule has 2 nitrogen and oxygen atoms in total. The highest BCUT2D eigenvalue weighted by atomic mass is 19.2. The Balaban J connectivity index is 0.000000619. The first kappa shape index (κ1) is 113. The number of nitrogens with two attached hydrogens (primary N) is 1. The molecule has 4 aromatic carbocycles. The summed E-state index contributed by atoms with van der Waals surface area (Å²) >= 11 is 0. The molecule has 4 aromatic rings. The molecule has 0 amide bonds. The molecule has 121 heavy (non-hydrogen) atoms. The molecule has 0 saturated heterocycles. The van der Waals surface area contributed by atoms with Crippen LogP contribution in [0.1, 0.15) is 451 Å². The van der Waals surface area contributed by atoms with Gasteiger partial charge in [0, 0.05) is 6.04 Å². The summed E-state index contributed by atoms with van der Waals surface area (Å²) in [7, 11) is 2.43. The predicted molar refractivity (Wildman–Crippen MR) is 461 cm³/mol. The van der Waals surface area contributed by atoms with Crippen LogP contribution in [0.3, 0.4) is 0 Å². The largest absolute Gasteiger partial charge is 0.337 e. The summed E-state index contributed by atoms with van der Waals surface area (Å²) in [5.41, 5.74) is -7.93. The maximum Gasteiger partial charge on any atom is 0.200 e. The summed E-state index contributed by atoms with van der Waals surface area (Å²) in [4.78, 5) is 1.78. The van der Waals surface area contributed by atoms with Crippen molar-refractivity contribution in [2.45, 2.75) is 458 Å². The lowest BCUT2D eigenvalue weighted by Crippen LogP contribution is -3.09. The van der Waals surface area contributed by atoms with Crippen molar-refractivity contribution in [1.29, 1.82) is 0 Å². The summed E-state index contributed by atoms with van der Waals surface area (Å²) in [5, 5.41) is 0. The third-order valence-electron chi connectivity index (χ3n) is 24.5. The van der Waals surface area contributed by atoms with Crippen LogP contribution in [0.15, 0.2) is 0 Å². The number of benzene rings is 4. The molecular weight excluding hydrogens is 1600 g/mol. The van der Waals surface area contributed by atoms with Gasteiger partial charge in [0.1, 0.15) is 52.7 Å². The summed E-state index contributed by atoms with van der Waals surface area (Å²) in [6, 6.07) is 0.466. The third kappa shape index (κ3) is 42.3. The fourth-order valence-electron chi connectivity index (χ4n) is 17.0. The molecule has 0 radical (unpaired) electrons. The molecule has 3 N–H and O–H groups in total. The lowest BCUT2D eigenvalue weighted by molar-refractivity contribution is -0.880. The van der Waals surface area contributed by atoms with Gasteiger partial charge in [-0.25, -0.2) is 87.8 Å². The number of rotatable bonds is 72. The second kappa shape index (κ2) is 69.6. The molecule has 0 saturated carbocycles. The second-order valence-corrected chi connectivity index (χ2v) is 34.8. The zero-order valence-corrected chi connectivity index (χ0v) is 74.9. The monoisotopic (exact) mass is 1750 g/mol. The van der Waals surface area contributed by atoms with Crippen molar-refractivity contribution in [3.05, 3.63) is 116 Å². The molecule has 0 aliphatic carbocycles. The average Bonchev–Trinajstić information content (AvgIpc) is 0.681. The molecule has 0 aromatic heterocycles. The minimum absolute atomic E-state index is 0.466. The topological polar surface area (TPSA) is 30.5 Å². The highest BCUT2D eigenvalue weighted by molar-refractivity contribution is 7.20. The van der Waals surface area contributed by atoms with Gasteiger partial charge in [-0.1, -0.05) is 413 Å². The summed E-state index contributed by atoms with van der Waals surface area (Å²) < 4.78 is 294. The fourth-order valence-corrected chi connectivity index (χ4v) is 17.0. The van der Waals surface area contributed by atoms with E-state index in [2.05, 4.69) is 34.7 Å². The molecular formula is C98H155BF20N2. The van der Waals surface area contributed by atoms with Crippen LogP contribution < -0.4 is 32.5 Å². The molecule has 700 valence electrons. The van der Waals surface area contributed by atoms with Crippen molar-refractivity contribution in [3.63, 3.8) is 0 Å². The van der Waals surface area contributed by atoms with Gasteiger partial charge in [0.25, 0.3) is 0 Å². The van der Waals surface area contributed by atoms with E-state index < -0.39 is 144 Å². The van der Waals surface area contributed by atoms with Crippen molar-refractivity contribution in [3.8, 4) is 0 Å². The maximum atomic E-state index is 15.4. The van der Waals surface area contributed by atoms with E-state index in [9.17, 15) is 52.7 Å². The zero-order valence-electron chi connectivity index (χ0n) is 74.9. The van der Waals surface area contributed by atoms with Crippen molar-refractivity contribution in [1.82, 2.24) is 0 Å². The van der Waals surface area contributed by atoms with Crippen LogP contribution >= 0.6 is 0 Å². The summed E-state index contributed by atoms with van der Waals surface area (Å²) in [6.45, 7) is 12.0. The first-order valence-electron chi connectivity index (χ1n) is 48.1. The number of hydrogen-bond acceptors (Lipinski definition) is 1. The van der Waals surface area contributed by atoms with Crippen LogP contribution in [0, 0.1) is 116 Å². The Morgan fingerprint density at radius 3 is 0.413 bits per heavy atom. The SMILES string of the molecule is CCCCCCCCCCCCCCCCCCC(N)CCCCCCCCCCCCCCCCCC.CCCCCCCCCCCCCCCCCC[NH+](C)CCCCCCCCCCCCCCCCCC.Fc1c(F)c(F)c([B-](c2c(F)c(F)c(F)c(F)c2F)(c2c(F)c(F)c(F)c(F)c2F)c2c(F)c(F)c(F)c(F)c2F)c(F)c1F. The quantitative estimate of drug-likeness (QED) is 0.0149. The van der Waals surface area contributed by atoms with Crippen LogP contribution in [0.5, 0.6) is 0 Å². The molecule has 0 fully saturated rings. The van der Waals surface area contributed by atoms with Crippen LogP contribution in [-0.4, -0.2) is 32.3 Å². The van der Waals surface area contributed by atoms with Crippen LogP contribution in [-0.2, 0) is 0 Å². The standard InChI is InChI=1S/2C37H77N.C24BF20/c1-4-6-8-10-12-14-16-18-20-22-24-26-28-30-32-34-36-38(3)37-35-33-31-29-27-25-23-21-19-17-15-13-11-9-7-5-2;1-3-5-7-9-11-13-15-17-19-21-23-25-27-29-31-33-35-37(38)36-34-32-30-28-26-24-22-20-18-16-14-12-10-8-6-4-2;26-5-1(6(27)14(35)21(42)13(5)34)25(2-7(28)15(36)22(43)16(37)8(2)29,3-9(30)17(38)23(44)18(39)10(3)31)4-11(32)19(40)24(45)20(41)12(4)33/h4-37H2,1-3H3;37H,3-36,38H2,1-2H3;/q;;-1/p+1. The van der Waals surface area contributed by atoms with Gasteiger partial charge in [0.05, 0.1) is 20.1 Å². The normalized spacial score (nSPS) is 11.8. The molecule has 0 aliphatic rings. The molecule has 0 bridgehead atoms. The Morgan fingerprint density at radius 1 is 0.174 bits per heavy atom. The van der Waals surface area contributed by atoms with Crippen molar-refractivity contribution in [2.75, 3.05) is 20.1 Å². The number of hydrogen-bond donors (Lipinski definition) is 2. The van der Waals surface area contributed by atoms with Crippen LogP contribution in [0.4, 0.5) is 87.8 Å². The van der Waals surface area contributed by atoms with E-state index in [1.165, 1.54) is 437 Å². The van der Waals surface area contributed by atoms with Gasteiger partial charge < -0.3 is 10.6 Å². The Labute approximate surface area is 717 Å². The fraction of sp³-hybridized carbons (Fsp3) is 0.755. The first-order valence-corrected chi connectivity index (χ1v) is 48.1. The number of unbranched alkanes of at least 4 members (excludes halogenated alkanes) is 60. The molecule has 23 heteroatoms. The number of nitrogens with one attached hydrogen (secondary N) is 1. The van der Waals surface area contributed by atoms with Crippen molar-refractivity contribution < 1.29 is 92.7 Å². The van der Waals surface area contributed by atoms with Gasteiger partial charge in [-0.3, -0.25) is 0 Å². The Kier molecular flexibility index (Phi) is 64.7. The Morgan fingerprint density at radius 2 is 0.281 bits per heavy atom. The highest BCUT2D eigenvalue weighted by Crippen LogP contribution is 2.32. The van der Waals surface area contributed by atoms with Gasteiger partial charge >= 0.3 is 0 Å². The minimum atomic E-state index is -7.22. The Hall–Kier alpha value is -4.54. The smallest absolute Gasteiger partial charge is 0.200 e. The van der Waals surface area contributed by atoms with E-state index in [4.69, 9.17) is 5.73 Å². The Bertz CT molecular complexity index is 2790. The highest BCUT2D eigenvalue weighted by Gasteiger charge is 2.52. The zero-order chi connectivity index (χ0) is 89.6. The van der Waals surface area contributed by atoms with E-state index in [1.807, 2.05) is 0 Å². The van der Waals surface area contributed by atoms with Crippen LogP contribution in [0.2, 0.25) is 0 Å². The van der Waals surface area contributed by atoms with Crippen molar-refractivity contribution in [2.24, 2.45) is 5.73 Å². The molecule has 4 rings (SSSR count). The molecule has 0 atom stereocenters. The van der Waals surface area contributed by atoms with Crippen molar-refractivity contribution >= 4 is 28.0 Å². The number of quaternary nitrogens is 1. The lowest BCUT2D eigenvalue weighted by atomic mass is 9.12. The van der Waals surface area contributed by atoms with Gasteiger partial charge in [0.15, 0.2) is 69.8 Å². The number of halogens is 20. The molecule has 0 unspecified atom stereocenters. The predicted octanol–water partition coefficient (Wildman–Crippen LogP) is 31.5. The summed E-state index contributed by atoms with van der Waals surface area (Å²) in [5.74, 6) is -71.4. The van der Waals surface area contributed by atoms with Gasteiger partial charge in [-0.2, -0.15) is 0 Å². The lowest BCUT2D eigenvalue weighted by Gasteiger charge is -2.44. The van der Waals surface area contributed by atoms with Crippen LogP contribution in [0.25, 0.3) is 0 Å². The minimum Gasteiger partial charge on any atom is -0.337 e. The third-order valence-corrected chi connectivity index (χ3v) is 24.5. The van der Waals surface area contributed by atoms with E-state index >= 15 is 35.1 Å². The van der Waals surface area contributed by atoms with Gasteiger partial charge in [-0.15, -0.1) is 21.9 Å². The average molecular weight is 1750 g/mol. The molecule has 0 spiro atoms. The molecule has 0 heterocycles. The first-order chi connectivity index (χ1) is 58.3. The van der Waals surface area contributed by atoms with Gasteiger partial charge in [0.2, 0.25) is 0 Å². The second-order valence-electron chi connectivity index (χ2n) is 34.8.